The molecule has 2 atom stereocenters. The predicted molar refractivity (Wildman–Crippen MR) is 193 cm³/mol. The van der Waals surface area contributed by atoms with E-state index >= 15 is 0 Å². The number of benzene rings is 3. The van der Waals surface area contributed by atoms with Crippen LogP contribution >= 0.6 is 0 Å². The summed E-state index contributed by atoms with van der Waals surface area (Å²) >= 11 is 0. The van der Waals surface area contributed by atoms with Crippen molar-refractivity contribution >= 4 is 28.6 Å². The summed E-state index contributed by atoms with van der Waals surface area (Å²) in [7, 11) is 1.57. The van der Waals surface area contributed by atoms with Crippen LogP contribution in [0.4, 0.5) is 0 Å². The average Bonchev–Trinajstić information content (AvgIpc) is 3.57. The number of nitrogens with zero attached hydrogens (tertiary/aromatic N) is 2. The molecule has 0 spiro atoms. The second kappa shape index (κ2) is 17.2. The summed E-state index contributed by atoms with van der Waals surface area (Å²) in [6.07, 6.45) is 9.69. The fourth-order valence-corrected chi connectivity index (χ4v) is 5.71. The number of carboxylic acids is 1. The van der Waals surface area contributed by atoms with Crippen molar-refractivity contribution in [2.45, 2.75) is 64.8 Å². The Hall–Kier alpha value is -5.51. The third-order valence-corrected chi connectivity index (χ3v) is 8.71. The van der Waals surface area contributed by atoms with Gasteiger partial charge in [0.05, 0.1) is 19.4 Å². The first-order valence-corrected chi connectivity index (χ1v) is 17.1. The molecule has 0 fully saturated rings. The van der Waals surface area contributed by atoms with Gasteiger partial charge in [0.15, 0.2) is 11.6 Å². The number of amides is 1. The molecule has 50 heavy (non-hydrogen) atoms. The van der Waals surface area contributed by atoms with Gasteiger partial charge < -0.3 is 24.9 Å². The summed E-state index contributed by atoms with van der Waals surface area (Å²) in [6.45, 7) is 4.32. The lowest BCUT2D eigenvalue weighted by Gasteiger charge is -2.18. The number of hydrogen-bond donors (Lipinski definition) is 3. The SMILES string of the molecule is CCCCCCCOc1ccc(-c2cnc(-c3ccc(C[C@H](CC(=O)c4cc5cc(OC)ccc5[nH]4)C(=O)N[C@H](C)C(=O)O)cc3)nc2)cc1. The van der Waals surface area contributed by atoms with E-state index in [9.17, 15) is 19.5 Å². The summed E-state index contributed by atoms with van der Waals surface area (Å²) < 4.78 is 11.2. The lowest BCUT2D eigenvalue weighted by Crippen LogP contribution is -2.42. The van der Waals surface area contributed by atoms with Crippen LogP contribution in [0.5, 0.6) is 11.5 Å². The number of carboxylic acid groups (broad SMARTS) is 1. The molecule has 0 unspecified atom stereocenters. The molecule has 0 saturated carbocycles. The van der Waals surface area contributed by atoms with Gasteiger partial charge in [0, 0.05) is 46.8 Å². The minimum absolute atomic E-state index is 0.111. The molecular weight excluding hydrogens is 632 g/mol. The number of carbonyl (C=O) groups is 3. The van der Waals surface area contributed by atoms with Crippen LogP contribution in [0.15, 0.2) is 85.2 Å². The van der Waals surface area contributed by atoms with Crippen LogP contribution in [0, 0.1) is 5.92 Å². The first-order valence-electron chi connectivity index (χ1n) is 17.1. The van der Waals surface area contributed by atoms with E-state index in [1.165, 1.54) is 32.6 Å². The molecular formula is C40H44N4O6. The third kappa shape index (κ3) is 9.56. The average molecular weight is 677 g/mol. The van der Waals surface area contributed by atoms with Gasteiger partial charge in [-0.1, -0.05) is 69.0 Å². The normalized spacial score (nSPS) is 12.3. The van der Waals surface area contributed by atoms with Crippen LogP contribution < -0.4 is 14.8 Å². The molecule has 3 N–H and O–H groups in total. The number of unbranched alkanes of at least 4 members (excludes halogenated alkanes) is 4. The number of ketones is 1. The number of aliphatic carboxylic acids is 1. The minimum Gasteiger partial charge on any atom is -0.497 e. The third-order valence-electron chi connectivity index (χ3n) is 8.71. The van der Waals surface area contributed by atoms with Gasteiger partial charge in [0.1, 0.15) is 17.5 Å². The van der Waals surface area contributed by atoms with E-state index in [1.807, 2.05) is 60.7 Å². The summed E-state index contributed by atoms with van der Waals surface area (Å²) in [5, 5.41) is 12.7. The van der Waals surface area contributed by atoms with Crippen LogP contribution in [-0.2, 0) is 16.0 Å². The Morgan fingerprint density at radius 3 is 2.20 bits per heavy atom. The summed E-state index contributed by atoms with van der Waals surface area (Å²) in [4.78, 5) is 50.4. The highest BCUT2D eigenvalue weighted by Gasteiger charge is 2.26. The maximum atomic E-state index is 13.4. The van der Waals surface area contributed by atoms with E-state index in [1.54, 1.807) is 31.6 Å². The number of ether oxygens (including phenoxy) is 2. The standard InChI is InChI=1S/C40H44N4O6/c1-4-5-6-7-8-19-50-33-15-13-28(14-16-33)32-24-41-38(42-25-32)29-11-9-27(10-12-29)20-31(39(46)43-26(2)40(47)48)23-37(45)36-22-30-21-34(49-3)17-18-35(30)44-36/h9-18,21-22,24-26,31,44H,4-8,19-20,23H2,1-3H3,(H,43,46)(H,47,48)/t26-,31-/m1/s1. The highest BCUT2D eigenvalue weighted by molar-refractivity contribution is 6.01. The zero-order valence-corrected chi connectivity index (χ0v) is 28.8. The molecule has 0 bridgehead atoms. The van der Waals surface area contributed by atoms with E-state index in [0.29, 0.717) is 17.3 Å². The molecule has 1 amide bonds. The highest BCUT2D eigenvalue weighted by atomic mass is 16.5. The Morgan fingerprint density at radius 1 is 0.840 bits per heavy atom. The molecule has 0 saturated heterocycles. The Bertz CT molecular complexity index is 1880. The van der Waals surface area contributed by atoms with Gasteiger partial charge >= 0.3 is 5.97 Å². The zero-order valence-electron chi connectivity index (χ0n) is 28.8. The van der Waals surface area contributed by atoms with Crippen LogP contribution in [0.25, 0.3) is 33.4 Å². The number of hydrogen-bond acceptors (Lipinski definition) is 7. The minimum atomic E-state index is -1.15. The number of methoxy groups -OCH3 is 1. The lowest BCUT2D eigenvalue weighted by atomic mass is 9.92. The quantitative estimate of drug-likeness (QED) is 0.0634. The Morgan fingerprint density at radius 2 is 1.52 bits per heavy atom. The lowest BCUT2D eigenvalue weighted by molar-refractivity contribution is -0.141. The second-order valence-corrected chi connectivity index (χ2v) is 12.5. The monoisotopic (exact) mass is 676 g/mol. The van der Waals surface area contributed by atoms with Gasteiger partial charge in [-0.25, -0.2) is 9.97 Å². The van der Waals surface area contributed by atoms with Crippen molar-refractivity contribution in [3.05, 3.63) is 96.4 Å². The van der Waals surface area contributed by atoms with Gasteiger partial charge in [-0.3, -0.25) is 14.4 Å². The van der Waals surface area contributed by atoms with Gasteiger partial charge in [-0.2, -0.15) is 0 Å². The molecule has 5 aromatic rings. The molecule has 2 aromatic heterocycles. The fourth-order valence-electron chi connectivity index (χ4n) is 5.71. The Labute approximate surface area is 292 Å². The van der Waals surface area contributed by atoms with E-state index in [4.69, 9.17) is 9.47 Å². The predicted octanol–water partition coefficient (Wildman–Crippen LogP) is 7.67. The summed E-state index contributed by atoms with van der Waals surface area (Å²) in [5.74, 6) is -0.643. The van der Waals surface area contributed by atoms with Gasteiger partial charge in [-0.05, 0) is 67.3 Å². The van der Waals surface area contributed by atoms with E-state index < -0.39 is 23.8 Å². The molecule has 10 heteroatoms. The highest BCUT2D eigenvalue weighted by Crippen LogP contribution is 2.26. The van der Waals surface area contributed by atoms with Crippen molar-refractivity contribution in [3.63, 3.8) is 0 Å². The maximum absolute atomic E-state index is 13.4. The topological polar surface area (TPSA) is 144 Å². The molecule has 0 radical (unpaired) electrons. The zero-order chi connectivity index (χ0) is 35.5. The van der Waals surface area contributed by atoms with Crippen molar-refractivity contribution in [2.75, 3.05) is 13.7 Å². The fraction of sp³-hybridized carbons (Fsp3) is 0.325. The number of carbonyl (C=O) groups excluding carboxylic acids is 2. The van der Waals surface area contributed by atoms with E-state index in [-0.39, 0.29) is 18.6 Å². The largest absolute Gasteiger partial charge is 0.497 e. The van der Waals surface area contributed by atoms with Crippen molar-refractivity contribution < 1.29 is 29.0 Å². The van der Waals surface area contributed by atoms with E-state index in [0.717, 1.165) is 51.9 Å². The van der Waals surface area contributed by atoms with Gasteiger partial charge in [0.25, 0.3) is 0 Å². The molecule has 10 nitrogen and oxygen atoms in total. The molecule has 0 aliphatic heterocycles. The van der Waals surface area contributed by atoms with Gasteiger partial charge in [0.2, 0.25) is 5.91 Å². The van der Waals surface area contributed by atoms with E-state index in [2.05, 4.69) is 27.2 Å². The Balaban J connectivity index is 1.23. The summed E-state index contributed by atoms with van der Waals surface area (Å²) in [6, 6.07) is 21.5. The van der Waals surface area contributed by atoms with Crippen molar-refractivity contribution in [1.82, 2.24) is 20.3 Å². The number of rotatable bonds is 18. The number of Topliss-reactive ketones (excluding diaryl/α,β-unsaturated/α-hetero) is 1. The van der Waals surface area contributed by atoms with Crippen LogP contribution in [0.1, 0.15) is 68.4 Å². The first kappa shape index (κ1) is 35.8. The molecule has 0 aliphatic carbocycles. The second-order valence-electron chi connectivity index (χ2n) is 12.5. The van der Waals surface area contributed by atoms with Crippen LogP contribution in [-0.4, -0.2) is 57.5 Å². The molecule has 0 aliphatic rings. The van der Waals surface area contributed by atoms with Crippen molar-refractivity contribution in [2.24, 2.45) is 5.92 Å². The van der Waals surface area contributed by atoms with Gasteiger partial charge in [-0.15, -0.1) is 0 Å². The molecule has 260 valence electrons. The molecule has 3 aromatic carbocycles. The number of H-pyrrole nitrogens is 1. The maximum Gasteiger partial charge on any atom is 0.325 e. The first-order chi connectivity index (χ1) is 24.2. The number of fused-ring (bicyclic) bond motifs is 1. The van der Waals surface area contributed by atoms with Crippen LogP contribution in [0.2, 0.25) is 0 Å². The van der Waals surface area contributed by atoms with Crippen molar-refractivity contribution in [3.8, 4) is 34.0 Å². The number of nitrogens with one attached hydrogen (secondary N) is 2. The number of aromatic nitrogens is 3. The summed E-state index contributed by atoms with van der Waals surface area (Å²) in [5.41, 5.74) is 4.63. The molecule has 2 heterocycles. The number of aromatic amines is 1. The van der Waals surface area contributed by atoms with Crippen molar-refractivity contribution in [1.29, 1.82) is 0 Å². The smallest absolute Gasteiger partial charge is 0.325 e. The Kier molecular flexibility index (Phi) is 12.3. The van der Waals surface area contributed by atoms with Crippen LogP contribution in [0.3, 0.4) is 0 Å². The molecule has 5 rings (SSSR count).